The molecular formula is C4H9BrN4S. The molecule has 0 aromatic heterocycles. The van der Waals surface area contributed by atoms with E-state index < -0.39 is 0 Å². The summed E-state index contributed by atoms with van der Waals surface area (Å²) >= 11 is 4.51. The van der Waals surface area contributed by atoms with Gasteiger partial charge in [-0.15, -0.1) is 0 Å². The summed E-state index contributed by atoms with van der Waals surface area (Å²) in [5.74, 6) is 0.738. The largest absolute Gasteiger partial charge is 0.370 e. The van der Waals surface area contributed by atoms with Crippen molar-refractivity contribution in [2.45, 2.75) is 0 Å². The van der Waals surface area contributed by atoms with E-state index in [1.807, 2.05) is 0 Å². The molecule has 0 spiro atoms. The van der Waals surface area contributed by atoms with Gasteiger partial charge in [0.1, 0.15) is 0 Å². The minimum absolute atomic E-state index is 0.0629. The summed E-state index contributed by atoms with van der Waals surface area (Å²) in [6, 6.07) is 0. The van der Waals surface area contributed by atoms with Crippen LogP contribution in [0, 0.1) is 5.41 Å². The van der Waals surface area contributed by atoms with Gasteiger partial charge < -0.3 is 11.5 Å². The molecule has 0 atom stereocenters. The normalized spacial score (nSPS) is 8.90. The molecule has 0 saturated heterocycles. The Morgan fingerprint density at radius 2 is 2.20 bits per heavy atom. The number of nitrogens with zero attached hydrogens (tertiary/aromatic N) is 1. The standard InChI is InChI=1S/C4H9BrN4S/c5-1-2-10-4(8)9-3(6)7/h1-2H2,(H5,6,7,8,9). The van der Waals surface area contributed by atoms with E-state index in [4.69, 9.17) is 16.9 Å². The summed E-state index contributed by atoms with van der Waals surface area (Å²) in [6.07, 6.45) is 0. The first-order valence-electron chi connectivity index (χ1n) is 2.53. The maximum Gasteiger partial charge on any atom is 0.193 e. The second-order valence-corrected chi connectivity index (χ2v) is 3.26. The third kappa shape index (κ3) is 5.90. The molecule has 58 valence electrons. The number of hydrogen-bond acceptors (Lipinski definition) is 2. The van der Waals surface area contributed by atoms with Crippen LogP contribution in [-0.2, 0) is 0 Å². The van der Waals surface area contributed by atoms with Gasteiger partial charge in [-0.1, -0.05) is 27.7 Å². The number of hydrogen-bond donors (Lipinski definition) is 3. The molecule has 0 radical (unpaired) electrons. The molecule has 0 aliphatic rings. The van der Waals surface area contributed by atoms with Gasteiger partial charge in [0, 0.05) is 11.1 Å². The fraction of sp³-hybridized carbons (Fsp3) is 0.500. The Bertz CT molecular complexity index is 142. The highest BCUT2D eigenvalue weighted by Crippen LogP contribution is 2.03. The average Bonchev–Trinajstić information content (AvgIpc) is 1.82. The Hall–Kier alpha value is -0.230. The van der Waals surface area contributed by atoms with Gasteiger partial charge in [-0.3, -0.25) is 5.41 Å². The van der Waals surface area contributed by atoms with E-state index in [2.05, 4.69) is 20.9 Å². The predicted octanol–water partition coefficient (Wildman–Crippen LogP) is 0.323. The Kier molecular flexibility index (Phi) is 5.42. The monoisotopic (exact) mass is 224 g/mol. The van der Waals surface area contributed by atoms with Gasteiger partial charge in [-0.2, -0.15) is 4.99 Å². The van der Waals surface area contributed by atoms with Crippen LogP contribution in [0.5, 0.6) is 0 Å². The number of amidine groups is 1. The number of rotatable bonds is 2. The van der Waals surface area contributed by atoms with Gasteiger partial charge >= 0.3 is 0 Å². The summed E-state index contributed by atoms with van der Waals surface area (Å²) in [5, 5.41) is 8.10. The van der Waals surface area contributed by atoms with Crippen molar-refractivity contribution >= 4 is 38.8 Å². The molecule has 0 amide bonds. The third-order valence-electron chi connectivity index (χ3n) is 0.547. The highest BCUT2D eigenvalue weighted by molar-refractivity contribution is 9.09. The van der Waals surface area contributed by atoms with Crippen LogP contribution in [0.3, 0.4) is 0 Å². The summed E-state index contributed by atoms with van der Waals surface area (Å²) in [5.41, 5.74) is 10.1. The van der Waals surface area contributed by atoms with Gasteiger partial charge in [0.25, 0.3) is 0 Å². The lowest BCUT2D eigenvalue weighted by Gasteiger charge is -1.94. The molecule has 0 fully saturated rings. The minimum Gasteiger partial charge on any atom is -0.370 e. The van der Waals surface area contributed by atoms with E-state index in [-0.39, 0.29) is 11.1 Å². The second-order valence-electron chi connectivity index (χ2n) is 1.38. The van der Waals surface area contributed by atoms with Crippen molar-refractivity contribution in [2.75, 3.05) is 11.1 Å². The molecule has 0 bridgehead atoms. The molecule has 0 aromatic rings. The van der Waals surface area contributed by atoms with E-state index in [9.17, 15) is 0 Å². The van der Waals surface area contributed by atoms with E-state index >= 15 is 0 Å². The Labute approximate surface area is 72.1 Å². The van der Waals surface area contributed by atoms with Crippen molar-refractivity contribution in [3.63, 3.8) is 0 Å². The van der Waals surface area contributed by atoms with Crippen LogP contribution in [0.15, 0.2) is 4.99 Å². The van der Waals surface area contributed by atoms with Gasteiger partial charge in [-0.05, 0) is 0 Å². The number of alkyl halides is 1. The smallest absolute Gasteiger partial charge is 0.193 e. The first kappa shape index (κ1) is 9.77. The van der Waals surface area contributed by atoms with Crippen molar-refractivity contribution in [3.8, 4) is 0 Å². The first-order chi connectivity index (χ1) is 4.66. The second kappa shape index (κ2) is 5.55. The van der Waals surface area contributed by atoms with Gasteiger partial charge in [0.2, 0.25) is 0 Å². The van der Waals surface area contributed by atoms with Crippen molar-refractivity contribution in [1.82, 2.24) is 0 Å². The zero-order valence-corrected chi connectivity index (χ0v) is 7.70. The van der Waals surface area contributed by atoms with Crippen molar-refractivity contribution in [3.05, 3.63) is 0 Å². The maximum absolute atomic E-state index is 7.12. The summed E-state index contributed by atoms with van der Waals surface area (Å²) < 4.78 is 0. The minimum atomic E-state index is -0.0629. The number of nitrogens with one attached hydrogen (secondary N) is 1. The molecule has 0 saturated carbocycles. The molecule has 10 heavy (non-hydrogen) atoms. The van der Waals surface area contributed by atoms with Crippen LogP contribution in [0.1, 0.15) is 0 Å². The number of thioether (sulfide) groups is 1. The summed E-state index contributed by atoms with van der Waals surface area (Å²) in [4.78, 5) is 3.51. The molecule has 0 aromatic carbocycles. The number of halogens is 1. The van der Waals surface area contributed by atoms with Crippen LogP contribution in [0.25, 0.3) is 0 Å². The van der Waals surface area contributed by atoms with Crippen LogP contribution in [0.4, 0.5) is 0 Å². The fourth-order valence-electron chi connectivity index (χ4n) is 0.285. The molecule has 0 aliphatic carbocycles. The van der Waals surface area contributed by atoms with Crippen LogP contribution < -0.4 is 11.5 Å². The summed E-state index contributed by atoms with van der Waals surface area (Å²) in [6.45, 7) is 0. The average molecular weight is 225 g/mol. The van der Waals surface area contributed by atoms with E-state index in [0.29, 0.717) is 0 Å². The van der Waals surface area contributed by atoms with E-state index in [1.54, 1.807) is 0 Å². The maximum atomic E-state index is 7.12. The number of nitrogens with two attached hydrogens (primary N) is 2. The fourth-order valence-corrected chi connectivity index (χ4v) is 1.21. The lowest BCUT2D eigenvalue weighted by Crippen LogP contribution is -2.23. The first-order valence-corrected chi connectivity index (χ1v) is 4.64. The highest BCUT2D eigenvalue weighted by atomic mass is 79.9. The SMILES string of the molecule is N=C(N=C(N)N)SCCBr. The van der Waals surface area contributed by atoms with E-state index in [1.165, 1.54) is 11.8 Å². The van der Waals surface area contributed by atoms with Gasteiger partial charge in [0.05, 0.1) is 0 Å². The third-order valence-corrected chi connectivity index (χ3v) is 2.24. The van der Waals surface area contributed by atoms with E-state index in [0.717, 1.165) is 11.1 Å². The molecular weight excluding hydrogens is 216 g/mol. The topological polar surface area (TPSA) is 88.2 Å². The molecule has 6 heteroatoms. The predicted molar refractivity (Wildman–Crippen MR) is 49.8 cm³/mol. The Balaban J connectivity index is 3.54. The quantitative estimate of drug-likeness (QED) is 0.359. The molecule has 0 heterocycles. The van der Waals surface area contributed by atoms with Crippen molar-refractivity contribution < 1.29 is 0 Å². The van der Waals surface area contributed by atoms with Crippen LogP contribution in [-0.4, -0.2) is 22.2 Å². The Morgan fingerprint density at radius 3 is 2.60 bits per heavy atom. The molecule has 5 N–H and O–H groups in total. The van der Waals surface area contributed by atoms with Crippen molar-refractivity contribution in [1.29, 1.82) is 5.41 Å². The van der Waals surface area contributed by atoms with Gasteiger partial charge in [-0.25, -0.2) is 0 Å². The number of guanidine groups is 1. The zero-order chi connectivity index (χ0) is 7.98. The molecule has 0 rings (SSSR count). The lowest BCUT2D eigenvalue weighted by molar-refractivity contribution is 1.44. The van der Waals surface area contributed by atoms with Crippen LogP contribution in [0.2, 0.25) is 0 Å². The zero-order valence-electron chi connectivity index (χ0n) is 5.30. The molecule has 4 nitrogen and oxygen atoms in total. The van der Waals surface area contributed by atoms with Crippen LogP contribution >= 0.6 is 27.7 Å². The highest BCUT2D eigenvalue weighted by Gasteiger charge is 1.92. The lowest BCUT2D eigenvalue weighted by atomic mass is 11.0. The number of aliphatic imine (C=N–C) groups is 1. The Morgan fingerprint density at radius 1 is 1.60 bits per heavy atom. The van der Waals surface area contributed by atoms with Crippen molar-refractivity contribution in [2.24, 2.45) is 16.5 Å². The summed E-state index contributed by atoms with van der Waals surface area (Å²) in [7, 11) is 0. The molecule has 0 unspecified atom stereocenters. The van der Waals surface area contributed by atoms with Gasteiger partial charge in [0.15, 0.2) is 11.1 Å². The molecule has 0 aliphatic heterocycles.